The summed E-state index contributed by atoms with van der Waals surface area (Å²) in [5, 5.41) is 10.0. The first-order valence-corrected chi connectivity index (χ1v) is 7.15. The van der Waals surface area contributed by atoms with Crippen LogP contribution in [0.5, 0.6) is 5.75 Å². The van der Waals surface area contributed by atoms with Crippen molar-refractivity contribution in [2.45, 2.75) is 29.2 Å². The Kier molecular flexibility index (Phi) is 4.88. The van der Waals surface area contributed by atoms with Crippen LogP contribution in [-0.2, 0) is 0 Å². The second-order valence-electron chi connectivity index (χ2n) is 4.24. The molecule has 0 heterocycles. The normalized spacial score (nSPS) is 12.2. The quantitative estimate of drug-likeness (QED) is 0.882. The van der Waals surface area contributed by atoms with Gasteiger partial charge in [0.25, 0.3) is 0 Å². The Bertz CT molecular complexity index is 523. The minimum absolute atomic E-state index is 0.401. The molecule has 0 bridgehead atoms. The molecule has 0 spiro atoms. The molecule has 2 nitrogen and oxygen atoms in total. The maximum absolute atomic E-state index is 10.0. The van der Waals surface area contributed by atoms with Crippen LogP contribution in [-0.4, -0.2) is 12.2 Å². The van der Waals surface area contributed by atoms with E-state index in [1.165, 1.54) is 0 Å². The number of benzene rings is 2. The lowest BCUT2D eigenvalue weighted by molar-refractivity contribution is 0.171. The van der Waals surface area contributed by atoms with E-state index in [9.17, 15) is 5.11 Å². The Morgan fingerprint density at radius 3 is 2.42 bits per heavy atom. The molecule has 2 aromatic carbocycles. The minimum atomic E-state index is -0.401. The number of ether oxygens (including phenoxy) is 1. The van der Waals surface area contributed by atoms with Crippen LogP contribution in [0.2, 0.25) is 0 Å². The van der Waals surface area contributed by atoms with Crippen LogP contribution in [0.3, 0.4) is 0 Å². The predicted octanol–water partition coefficient (Wildman–Crippen LogP) is 4.29. The van der Waals surface area contributed by atoms with Crippen LogP contribution in [0.4, 0.5) is 0 Å². The average Bonchev–Trinajstić information content (AvgIpc) is 2.48. The molecule has 1 atom stereocenters. The summed E-state index contributed by atoms with van der Waals surface area (Å²) in [5.41, 5.74) is 0.991. The molecule has 0 saturated heterocycles. The van der Waals surface area contributed by atoms with Crippen LogP contribution in [0.15, 0.2) is 58.3 Å². The van der Waals surface area contributed by atoms with Crippen molar-refractivity contribution >= 4 is 11.8 Å². The van der Waals surface area contributed by atoms with E-state index >= 15 is 0 Å². The van der Waals surface area contributed by atoms with E-state index in [0.29, 0.717) is 0 Å². The number of methoxy groups -OCH3 is 1. The molecule has 0 fully saturated rings. The first-order chi connectivity index (χ1) is 9.24. The molecule has 0 aliphatic carbocycles. The lowest BCUT2D eigenvalue weighted by Gasteiger charge is -2.13. The van der Waals surface area contributed by atoms with E-state index in [0.717, 1.165) is 27.5 Å². The summed E-state index contributed by atoms with van der Waals surface area (Å²) in [6, 6.07) is 15.9. The number of aliphatic hydroxyl groups is 1. The highest BCUT2D eigenvalue weighted by molar-refractivity contribution is 7.99. The van der Waals surface area contributed by atoms with Gasteiger partial charge in [0, 0.05) is 9.79 Å². The van der Waals surface area contributed by atoms with Gasteiger partial charge in [-0.2, -0.15) is 0 Å². The first-order valence-electron chi connectivity index (χ1n) is 6.33. The van der Waals surface area contributed by atoms with Gasteiger partial charge < -0.3 is 9.84 Å². The minimum Gasteiger partial charge on any atom is -0.497 e. The van der Waals surface area contributed by atoms with Crippen LogP contribution in [0.25, 0.3) is 0 Å². The molecule has 0 radical (unpaired) electrons. The maximum atomic E-state index is 10.0. The smallest absolute Gasteiger partial charge is 0.118 e. The Balaban J connectivity index is 2.22. The molecule has 2 aromatic rings. The zero-order valence-corrected chi connectivity index (χ0v) is 12.0. The van der Waals surface area contributed by atoms with Crippen molar-refractivity contribution in [2.75, 3.05) is 7.11 Å². The second-order valence-corrected chi connectivity index (χ2v) is 5.35. The summed E-state index contributed by atoms with van der Waals surface area (Å²) in [7, 11) is 1.66. The highest BCUT2D eigenvalue weighted by Crippen LogP contribution is 2.34. The third-order valence-corrected chi connectivity index (χ3v) is 4.05. The predicted molar refractivity (Wildman–Crippen MR) is 78.8 cm³/mol. The molecule has 0 amide bonds. The lowest BCUT2D eigenvalue weighted by Crippen LogP contribution is -1.97. The lowest BCUT2D eigenvalue weighted by atomic mass is 10.1. The third kappa shape index (κ3) is 3.52. The zero-order chi connectivity index (χ0) is 13.7. The summed E-state index contributed by atoms with van der Waals surface area (Å²) in [6.45, 7) is 1.99. The molecule has 0 saturated carbocycles. The highest BCUT2D eigenvalue weighted by Gasteiger charge is 2.10. The maximum Gasteiger partial charge on any atom is 0.118 e. The molecule has 3 heteroatoms. The van der Waals surface area contributed by atoms with Gasteiger partial charge in [0.05, 0.1) is 13.2 Å². The molecular weight excluding hydrogens is 256 g/mol. The first kappa shape index (κ1) is 14.0. The van der Waals surface area contributed by atoms with Gasteiger partial charge in [0.1, 0.15) is 5.75 Å². The van der Waals surface area contributed by atoms with Crippen molar-refractivity contribution in [1.29, 1.82) is 0 Å². The summed E-state index contributed by atoms with van der Waals surface area (Å²) < 4.78 is 5.15. The number of hydrogen-bond acceptors (Lipinski definition) is 3. The molecule has 19 heavy (non-hydrogen) atoms. The van der Waals surface area contributed by atoms with Gasteiger partial charge >= 0.3 is 0 Å². The van der Waals surface area contributed by atoms with Crippen molar-refractivity contribution in [3.05, 3.63) is 54.1 Å². The average molecular weight is 274 g/mol. The van der Waals surface area contributed by atoms with Gasteiger partial charge in [0.2, 0.25) is 0 Å². The number of rotatable bonds is 5. The number of aliphatic hydroxyl groups excluding tert-OH is 1. The van der Waals surface area contributed by atoms with Crippen LogP contribution < -0.4 is 4.74 Å². The molecule has 0 aliphatic rings. The molecule has 2 rings (SSSR count). The summed E-state index contributed by atoms with van der Waals surface area (Å²) in [4.78, 5) is 2.23. The van der Waals surface area contributed by atoms with E-state index in [2.05, 4.69) is 0 Å². The fourth-order valence-corrected chi connectivity index (χ4v) is 2.83. The van der Waals surface area contributed by atoms with E-state index in [4.69, 9.17) is 4.74 Å². The van der Waals surface area contributed by atoms with Gasteiger partial charge in [-0.1, -0.05) is 36.9 Å². The summed E-state index contributed by atoms with van der Waals surface area (Å²) in [6.07, 6.45) is 0.321. The van der Waals surface area contributed by atoms with Gasteiger partial charge in [-0.15, -0.1) is 0 Å². The van der Waals surface area contributed by atoms with Crippen molar-refractivity contribution < 1.29 is 9.84 Å². The molecule has 0 aromatic heterocycles. The van der Waals surface area contributed by atoms with Crippen LogP contribution in [0.1, 0.15) is 25.0 Å². The Labute approximate surface area is 118 Å². The van der Waals surface area contributed by atoms with Gasteiger partial charge in [-0.3, -0.25) is 0 Å². The van der Waals surface area contributed by atoms with Crippen LogP contribution >= 0.6 is 11.8 Å². The fourth-order valence-electron chi connectivity index (χ4n) is 1.84. The number of hydrogen-bond donors (Lipinski definition) is 1. The highest BCUT2D eigenvalue weighted by atomic mass is 32.2. The molecule has 0 aliphatic heterocycles. The largest absolute Gasteiger partial charge is 0.497 e. The monoisotopic (exact) mass is 274 g/mol. The van der Waals surface area contributed by atoms with Crippen molar-refractivity contribution in [3.63, 3.8) is 0 Å². The topological polar surface area (TPSA) is 29.5 Å². The van der Waals surface area contributed by atoms with Crippen molar-refractivity contribution in [2.24, 2.45) is 0 Å². The molecule has 1 unspecified atom stereocenters. The van der Waals surface area contributed by atoms with E-state index in [-0.39, 0.29) is 0 Å². The molecule has 100 valence electrons. The molecule has 1 N–H and O–H groups in total. The van der Waals surface area contributed by atoms with Gasteiger partial charge in [0.15, 0.2) is 0 Å². The third-order valence-electron chi connectivity index (χ3n) is 2.95. The van der Waals surface area contributed by atoms with E-state index in [1.54, 1.807) is 18.9 Å². The second kappa shape index (κ2) is 6.64. The Morgan fingerprint density at radius 1 is 1.11 bits per heavy atom. The summed E-state index contributed by atoms with van der Waals surface area (Å²) >= 11 is 1.66. The SMILES string of the molecule is CCC(O)c1ccccc1Sc1ccc(OC)cc1. The van der Waals surface area contributed by atoms with Gasteiger partial charge in [-0.05, 0) is 42.3 Å². The van der Waals surface area contributed by atoms with E-state index < -0.39 is 6.10 Å². The van der Waals surface area contributed by atoms with Crippen LogP contribution in [0, 0.1) is 0 Å². The fraction of sp³-hybridized carbons (Fsp3) is 0.250. The Hall–Kier alpha value is -1.45. The standard InChI is InChI=1S/C16H18O2S/c1-3-15(17)14-6-4-5-7-16(14)19-13-10-8-12(18-2)9-11-13/h4-11,15,17H,3H2,1-2H3. The van der Waals surface area contributed by atoms with Crippen molar-refractivity contribution in [1.82, 2.24) is 0 Å². The molecular formula is C16H18O2S. The van der Waals surface area contributed by atoms with Gasteiger partial charge in [-0.25, -0.2) is 0 Å². The van der Waals surface area contributed by atoms with Crippen molar-refractivity contribution in [3.8, 4) is 5.75 Å². The van der Waals surface area contributed by atoms with E-state index in [1.807, 2.05) is 55.5 Å². The zero-order valence-electron chi connectivity index (χ0n) is 11.2. The summed E-state index contributed by atoms with van der Waals surface area (Å²) in [5.74, 6) is 0.853. The Morgan fingerprint density at radius 2 is 1.79 bits per heavy atom.